The number of nitrogens with one attached hydrogen (secondary N) is 2. The molecule has 1 atom stereocenters. The summed E-state index contributed by atoms with van der Waals surface area (Å²) >= 11 is 0. The minimum absolute atomic E-state index is 0.274. The standard InChI is InChI=1S/C33H32N2.C7H9N.C7H10/c1-25-21-23-29(24-22-25)35-33(30-19-11-12-20-31(30)34-28-17-9-4-10-18-28)32(26-13-5-2-6-14-26)27-15-7-3-8-16-27;8-6-7-4-2-1-3-5-7;1-7-5-3-2-4-6-7/h2,4-7,9-17,19-24,28,34-35H,3,8,18H2,1H3;1-5H,6,8H2;2-3,5H,4,6H2,1H3/b33-32+;;. The minimum atomic E-state index is 0.274. The summed E-state index contributed by atoms with van der Waals surface area (Å²) < 4.78 is 0. The van der Waals surface area contributed by atoms with Crippen LogP contribution in [0.5, 0.6) is 0 Å². The highest BCUT2D eigenvalue weighted by molar-refractivity contribution is 6.05. The molecular weight excluding hydrogens is 607 g/mol. The summed E-state index contributed by atoms with van der Waals surface area (Å²) in [6.45, 7) is 4.93. The first-order valence-corrected chi connectivity index (χ1v) is 17.9. The van der Waals surface area contributed by atoms with Crippen molar-refractivity contribution in [3.63, 3.8) is 0 Å². The quantitative estimate of drug-likeness (QED) is 0.165. The lowest BCUT2D eigenvalue weighted by molar-refractivity contribution is 0.882. The van der Waals surface area contributed by atoms with Crippen molar-refractivity contribution in [3.05, 3.63) is 203 Å². The normalized spacial score (nSPS) is 16.4. The zero-order valence-electron chi connectivity index (χ0n) is 29.6. The number of anilines is 2. The lowest BCUT2D eigenvalue weighted by Crippen LogP contribution is -2.18. The molecule has 0 saturated heterocycles. The van der Waals surface area contributed by atoms with E-state index in [4.69, 9.17) is 5.73 Å². The molecule has 4 aromatic carbocycles. The summed E-state index contributed by atoms with van der Waals surface area (Å²) in [6, 6.07) is 38.3. The first-order chi connectivity index (χ1) is 24.6. The van der Waals surface area contributed by atoms with Crippen molar-refractivity contribution in [2.75, 3.05) is 10.6 Å². The Bertz CT molecular complexity index is 1850. The number of aryl methyl sites for hydroxylation is 1. The number of benzene rings is 4. The average Bonchev–Trinajstić information content (AvgIpc) is 3.18. The Morgan fingerprint density at radius 3 is 2.06 bits per heavy atom. The Labute approximate surface area is 300 Å². The van der Waals surface area contributed by atoms with Gasteiger partial charge in [0.05, 0.1) is 5.70 Å². The summed E-state index contributed by atoms with van der Waals surface area (Å²) in [5.41, 5.74) is 17.4. The Morgan fingerprint density at radius 2 is 1.46 bits per heavy atom. The van der Waals surface area contributed by atoms with Gasteiger partial charge < -0.3 is 16.4 Å². The average molecular weight is 658 g/mol. The van der Waals surface area contributed by atoms with Gasteiger partial charge in [0.25, 0.3) is 0 Å². The van der Waals surface area contributed by atoms with Crippen molar-refractivity contribution in [2.45, 2.75) is 58.5 Å². The summed E-state index contributed by atoms with van der Waals surface area (Å²) in [5.74, 6) is 0. The smallest absolute Gasteiger partial charge is 0.0564 e. The third-order valence-electron chi connectivity index (χ3n) is 8.74. The van der Waals surface area contributed by atoms with Crippen LogP contribution in [0.4, 0.5) is 11.4 Å². The Kier molecular flexibility index (Phi) is 14.1. The van der Waals surface area contributed by atoms with Gasteiger partial charge in [-0.25, -0.2) is 0 Å². The van der Waals surface area contributed by atoms with Crippen LogP contribution in [0, 0.1) is 6.92 Å². The molecular formula is C47H51N3. The maximum atomic E-state index is 5.35. The van der Waals surface area contributed by atoms with E-state index in [1.807, 2.05) is 30.3 Å². The van der Waals surface area contributed by atoms with Crippen LogP contribution in [0.1, 0.15) is 61.3 Å². The summed E-state index contributed by atoms with van der Waals surface area (Å²) in [7, 11) is 0. The molecule has 50 heavy (non-hydrogen) atoms. The van der Waals surface area contributed by atoms with Gasteiger partial charge in [0.1, 0.15) is 0 Å². The van der Waals surface area contributed by atoms with E-state index in [1.54, 1.807) is 0 Å². The van der Waals surface area contributed by atoms with Crippen LogP contribution >= 0.6 is 0 Å². The fourth-order valence-corrected chi connectivity index (χ4v) is 5.96. The third-order valence-corrected chi connectivity index (χ3v) is 8.74. The van der Waals surface area contributed by atoms with Crippen LogP contribution in [0.15, 0.2) is 181 Å². The SMILES string of the molecule is CC1=CC=CCC1.Cc1ccc(N/C(=C(/C2=CCCC=C2)c2ccccc2)c2ccccc2NC2C=CC=CC2)cc1.NCc1ccccc1. The maximum absolute atomic E-state index is 5.35. The largest absolute Gasteiger partial charge is 0.378 e. The minimum Gasteiger partial charge on any atom is -0.378 e. The van der Waals surface area contributed by atoms with Crippen LogP contribution in [0.25, 0.3) is 11.3 Å². The van der Waals surface area contributed by atoms with Crippen molar-refractivity contribution in [1.82, 2.24) is 0 Å². The second-order valence-electron chi connectivity index (χ2n) is 12.8. The van der Waals surface area contributed by atoms with E-state index in [9.17, 15) is 0 Å². The van der Waals surface area contributed by atoms with Gasteiger partial charge in [-0.1, -0.05) is 163 Å². The Balaban J connectivity index is 0.000000266. The predicted octanol–water partition coefficient (Wildman–Crippen LogP) is 12.0. The summed E-state index contributed by atoms with van der Waals surface area (Å²) in [4.78, 5) is 0. The third kappa shape index (κ3) is 11.1. The van der Waals surface area contributed by atoms with Crippen molar-refractivity contribution in [3.8, 4) is 0 Å². The molecule has 0 amide bonds. The van der Waals surface area contributed by atoms with Gasteiger partial charge in [0, 0.05) is 35.1 Å². The summed E-state index contributed by atoms with van der Waals surface area (Å²) in [6.07, 6.45) is 27.7. The van der Waals surface area contributed by atoms with Gasteiger partial charge in [-0.2, -0.15) is 0 Å². The van der Waals surface area contributed by atoms with E-state index >= 15 is 0 Å². The molecule has 0 spiro atoms. The van der Waals surface area contributed by atoms with Crippen molar-refractivity contribution < 1.29 is 0 Å². The number of nitrogens with two attached hydrogens (primary N) is 1. The molecule has 254 valence electrons. The van der Waals surface area contributed by atoms with E-state index in [2.05, 4.69) is 164 Å². The lowest BCUT2D eigenvalue weighted by Gasteiger charge is -2.25. The van der Waals surface area contributed by atoms with E-state index < -0.39 is 0 Å². The van der Waals surface area contributed by atoms with E-state index in [-0.39, 0.29) is 6.04 Å². The molecule has 3 aliphatic rings. The molecule has 1 unspecified atom stereocenters. The molecule has 0 fully saturated rings. The zero-order valence-corrected chi connectivity index (χ0v) is 29.6. The van der Waals surface area contributed by atoms with Crippen molar-refractivity contribution in [1.29, 1.82) is 0 Å². The van der Waals surface area contributed by atoms with Gasteiger partial charge in [-0.05, 0) is 80.9 Å². The van der Waals surface area contributed by atoms with E-state index in [0.29, 0.717) is 6.54 Å². The number of hydrogen-bond donors (Lipinski definition) is 3. The number of hydrogen-bond acceptors (Lipinski definition) is 3. The van der Waals surface area contributed by atoms with E-state index in [1.165, 1.54) is 46.3 Å². The highest BCUT2D eigenvalue weighted by Crippen LogP contribution is 2.38. The second kappa shape index (κ2) is 19.6. The van der Waals surface area contributed by atoms with Gasteiger partial charge in [0.2, 0.25) is 0 Å². The monoisotopic (exact) mass is 657 g/mol. The van der Waals surface area contributed by atoms with Gasteiger partial charge >= 0.3 is 0 Å². The maximum Gasteiger partial charge on any atom is 0.0564 e. The Morgan fingerprint density at radius 1 is 0.720 bits per heavy atom. The Hall–Kier alpha value is -5.38. The van der Waals surface area contributed by atoms with Crippen LogP contribution < -0.4 is 16.4 Å². The highest BCUT2D eigenvalue weighted by Gasteiger charge is 2.19. The fraction of sp³-hybridized carbons (Fsp3) is 0.191. The molecule has 0 saturated carbocycles. The van der Waals surface area contributed by atoms with E-state index in [0.717, 1.165) is 41.9 Å². The lowest BCUT2D eigenvalue weighted by atomic mass is 9.89. The molecule has 4 N–H and O–H groups in total. The zero-order chi connectivity index (χ0) is 34.8. The van der Waals surface area contributed by atoms with Gasteiger partial charge in [0.15, 0.2) is 0 Å². The molecule has 7 rings (SSSR count). The highest BCUT2D eigenvalue weighted by atomic mass is 14.9. The molecule has 0 aliphatic heterocycles. The molecule has 3 heteroatoms. The predicted molar refractivity (Wildman–Crippen MR) is 218 cm³/mol. The molecule has 0 bridgehead atoms. The molecule has 0 aromatic heterocycles. The number of allylic oxidation sites excluding steroid dienone is 11. The molecule has 3 aliphatic carbocycles. The summed E-state index contributed by atoms with van der Waals surface area (Å²) in [5, 5.41) is 7.61. The van der Waals surface area contributed by atoms with Crippen molar-refractivity contribution in [2.24, 2.45) is 5.73 Å². The topological polar surface area (TPSA) is 50.1 Å². The van der Waals surface area contributed by atoms with Gasteiger partial charge in [-0.15, -0.1) is 0 Å². The van der Waals surface area contributed by atoms with Crippen LogP contribution in [0.2, 0.25) is 0 Å². The molecule has 3 nitrogen and oxygen atoms in total. The van der Waals surface area contributed by atoms with Crippen LogP contribution in [0.3, 0.4) is 0 Å². The van der Waals surface area contributed by atoms with Gasteiger partial charge in [-0.3, -0.25) is 0 Å². The van der Waals surface area contributed by atoms with Crippen LogP contribution in [-0.2, 0) is 6.54 Å². The second-order valence-corrected chi connectivity index (χ2v) is 12.8. The molecule has 0 radical (unpaired) electrons. The van der Waals surface area contributed by atoms with Crippen LogP contribution in [-0.4, -0.2) is 6.04 Å². The first-order valence-electron chi connectivity index (χ1n) is 17.9. The molecule has 4 aromatic rings. The first kappa shape index (κ1) is 35.9. The number of rotatable bonds is 8. The number of para-hydroxylation sites is 1. The molecule has 0 heterocycles. The van der Waals surface area contributed by atoms with Crippen molar-refractivity contribution >= 4 is 22.6 Å². The fourth-order valence-electron chi connectivity index (χ4n) is 5.96.